The second kappa shape index (κ2) is 5.39. The van der Waals surface area contributed by atoms with Crippen LogP contribution in [0, 0.1) is 13.8 Å². The van der Waals surface area contributed by atoms with E-state index in [1.54, 1.807) is 0 Å². The first kappa shape index (κ1) is 11.6. The average Bonchev–Trinajstić information content (AvgIpc) is 2.17. The molecule has 0 radical (unpaired) electrons. The lowest BCUT2D eigenvalue weighted by Gasteiger charge is -2.15. The minimum atomic E-state index is 0.0292. The highest BCUT2D eigenvalue weighted by atomic mass is 16.5. The van der Waals surface area contributed by atoms with E-state index in [0.29, 0.717) is 13.0 Å². The Balaban J connectivity index is 2.60. The van der Waals surface area contributed by atoms with Gasteiger partial charge in [-0.2, -0.15) is 0 Å². The second-order valence-corrected chi connectivity index (χ2v) is 3.72. The van der Waals surface area contributed by atoms with Crippen molar-refractivity contribution in [2.24, 2.45) is 0 Å². The van der Waals surface area contributed by atoms with Crippen molar-refractivity contribution in [3.8, 4) is 5.75 Å². The van der Waals surface area contributed by atoms with Crippen LogP contribution in [0.2, 0.25) is 0 Å². The van der Waals surface area contributed by atoms with E-state index in [1.807, 2.05) is 39.0 Å². The number of carbonyl (C=O) groups is 1. The number of hydrogen-bond donors (Lipinski definition) is 1. The Labute approximate surface area is 90.4 Å². The first-order chi connectivity index (χ1) is 7.15. The topological polar surface area (TPSA) is 38.3 Å². The van der Waals surface area contributed by atoms with Gasteiger partial charge in [0.15, 0.2) is 0 Å². The van der Waals surface area contributed by atoms with Gasteiger partial charge >= 0.3 is 0 Å². The van der Waals surface area contributed by atoms with E-state index in [-0.39, 0.29) is 6.04 Å². The van der Waals surface area contributed by atoms with Gasteiger partial charge in [-0.1, -0.05) is 18.2 Å². The molecule has 0 heterocycles. The molecule has 0 bridgehead atoms. The van der Waals surface area contributed by atoms with Crippen LogP contribution < -0.4 is 10.1 Å². The first-order valence-corrected chi connectivity index (χ1v) is 5.04. The summed E-state index contributed by atoms with van der Waals surface area (Å²) in [5.74, 6) is 0.914. The highest BCUT2D eigenvalue weighted by Gasteiger charge is 2.05. The lowest BCUT2D eigenvalue weighted by molar-refractivity contribution is -0.110. The van der Waals surface area contributed by atoms with Gasteiger partial charge < -0.3 is 10.1 Å². The van der Waals surface area contributed by atoms with Crippen molar-refractivity contribution in [3.63, 3.8) is 0 Å². The van der Waals surface area contributed by atoms with Gasteiger partial charge in [-0.3, -0.25) is 4.79 Å². The quantitative estimate of drug-likeness (QED) is 0.748. The molecule has 1 atom stereocenters. The van der Waals surface area contributed by atoms with E-state index in [0.717, 1.165) is 16.9 Å². The van der Waals surface area contributed by atoms with E-state index in [9.17, 15) is 4.79 Å². The molecule has 0 spiro atoms. The van der Waals surface area contributed by atoms with Crippen LogP contribution >= 0.6 is 0 Å². The van der Waals surface area contributed by atoms with E-state index in [1.165, 1.54) is 0 Å². The number of hydrogen-bond acceptors (Lipinski definition) is 2. The second-order valence-electron chi connectivity index (χ2n) is 3.72. The van der Waals surface area contributed by atoms with Gasteiger partial charge in [0.2, 0.25) is 6.41 Å². The Morgan fingerprint density at radius 1 is 1.40 bits per heavy atom. The molecule has 82 valence electrons. The Morgan fingerprint density at radius 2 is 2.00 bits per heavy atom. The van der Waals surface area contributed by atoms with Gasteiger partial charge in [-0.15, -0.1) is 0 Å². The maximum absolute atomic E-state index is 10.2. The summed E-state index contributed by atoms with van der Waals surface area (Å²) in [6.45, 7) is 6.42. The van der Waals surface area contributed by atoms with Crippen molar-refractivity contribution in [2.45, 2.75) is 26.8 Å². The number of rotatable bonds is 5. The molecule has 3 heteroatoms. The molecule has 1 N–H and O–H groups in total. The first-order valence-electron chi connectivity index (χ1n) is 5.04. The van der Waals surface area contributed by atoms with E-state index >= 15 is 0 Å². The molecule has 3 nitrogen and oxygen atoms in total. The standard InChI is InChI=1S/C12H17NO2/c1-9-5-4-6-10(2)12(9)15-7-11(3)13-8-14/h4-6,8,11H,7H2,1-3H3,(H,13,14). The number of amides is 1. The van der Waals surface area contributed by atoms with Gasteiger partial charge in [0.25, 0.3) is 0 Å². The van der Waals surface area contributed by atoms with Gasteiger partial charge in [0.05, 0.1) is 6.04 Å². The van der Waals surface area contributed by atoms with Crippen molar-refractivity contribution in [1.29, 1.82) is 0 Å². The number of ether oxygens (including phenoxy) is 1. The van der Waals surface area contributed by atoms with Crippen LogP contribution in [0.25, 0.3) is 0 Å². The number of carbonyl (C=O) groups excluding carboxylic acids is 1. The predicted octanol–water partition coefficient (Wildman–Crippen LogP) is 1.82. The number of aryl methyl sites for hydroxylation is 2. The fourth-order valence-corrected chi connectivity index (χ4v) is 1.40. The average molecular weight is 207 g/mol. The summed E-state index contributed by atoms with van der Waals surface area (Å²) in [5, 5.41) is 2.65. The molecule has 1 aromatic carbocycles. The van der Waals surface area contributed by atoms with Gasteiger partial charge in [0, 0.05) is 0 Å². The summed E-state index contributed by atoms with van der Waals surface area (Å²) < 4.78 is 5.66. The van der Waals surface area contributed by atoms with Crippen LogP contribution in [0.1, 0.15) is 18.1 Å². The van der Waals surface area contributed by atoms with Crippen LogP contribution in [0.15, 0.2) is 18.2 Å². The summed E-state index contributed by atoms with van der Waals surface area (Å²) >= 11 is 0. The zero-order chi connectivity index (χ0) is 11.3. The largest absolute Gasteiger partial charge is 0.491 e. The van der Waals surface area contributed by atoms with Gasteiger partial charge in [-0.05, 0) is 31.9 Å². The molecule has 0 aliphatic heterocycles. The van der Waals surface area contributed by atoms with Gasteiger partial charge in [-0.25, -0.2) is 0 Å². The zero-order valence-electron chi connectivity index (χ0n) is 9.41. The molecule has 1 aromatic rings. The third-order valence-corrected chi connectivity index (χ3v) is 2.24. The third kappa shape index (κ3) is 3.27. The summed E-state index contributed by atoms with van der Waals surface area (Å²) in [4.78, 5) is 10.2. The fraction of sp³-hybridized carbons (Fsp3) is 0.417. The summed E-state index contributed by atoms with van der Waals surface area (Å²) in [6.07, 6.45) is 0.693. The molecule has 0 aromatic heterocycles. The SMILES string of the molecule is Cc1cccc(C)c1OCC(C)NC=O. The third-order valence-electron chi connectivity index (χ3n) is 2.24. The molecule has 1 amide bonds. The van der Waals surface area contributed by atoms with Crippen LogP contribution in [0.4, 0.5) is 0 Å². The zero-order valence-corrected chi connectivity index (χ0v) is 9.41. The lowest BCUT2D eigenvalue weighted by Crippen LogP contribution is -2.30. The van der Waals surface area contributed by atoms with Crippen LogP contribution in [0.3, 0.4) is 0 Å². The van der Waals surface area contributed by atoms with E-state index in [4.69, 9.17) is 4.74 Å². The Morgan fingerprint density at radius 3 is 2.53 bits per heavy atom. The molecular weight excluding hydrogens is 190 g/mol. The smallest absolute Gasteiger partial charge is 0.207 e. The summed E-state index contributed by atoms with van der Waals surface area (Å²) in [5.41, 5.74) is 2.24. The van der Waals surface area contributed by atoms with Crippen molar-refractivity contribution < 1.29 is 9.53 Å². The Kier molecular flexibility index (Phi) is 4.16. The maximum Gasteiger partial charge on any atom is 0.207 e. The molecule has 0 aliphatic rings. The highest BCUT2D eigenvalue weighted by molar-refractivity contribution is 5.46. The van der Waals surface area contributed by atoms with Crippen LogP contribution in [0.5, 0.6) is 5.75 Å². The summed E-state index contributed by atoms with van der Waals surface area (Å²) in [7, 11) is 0. The Hall–Kier alpha value is -1.51. The minimum Gasteiger partial charge on any atom is -0.491 e. The van der Waals surface area contributed by atoms with Crippen molar-refractivity contribution in [2.75, 3.05) is 6.61 Å². The van der Waals surface area contributed by atoms with Gasteiger partial charge in [0.1, 0.15) is 12.4 Å². The van der Waals surface area contributed by atoms with Crippen molar-refractivity contribution in [3.05, 3.63) is 29.3 Å². The molecular formula is C12H17NO2. The lowest BCUT2D eigenvalue weighted by atomic mass is 10.1. The summed E-state index contributed by atoms with van der Waals surface area (Å²) in [6, 6.07) is 6.06. The van der Waals surface area contributed by atoms with Crippen LogP contribution in [-0.4, -0.2) is 19.1 Å². The molecule has 15 heavy (non-hydrogen) atoms. The molecule has 0 fully saturated rings. The Bertz CT molecular complexity index is 316. The molecule has 0 saturated carbocycles. The number of para-hydroxylation sites is 1. The fourth-order valence-electron chi connectivity index (χ4n) is 1.40. The predicted molar refractivity (Wildman–Crippen MR) is 60.1 cm³/mol. The molecule has 1 unspecified atom stereocenters. The van der Waals surface area contributed by atoms with E-state index < -0.39 is 0 Å². The molecule has 0 saturated heterocycles. The molecule has 0 aliphatic carbocycles. The highest BCUT2D eigenvalue weighted by Crippen LogP contribution is 2.22. The molecule has 1 rings (SSSR count). The van der Waals surface area contributed by atoms with Crippen LogP contribution in [-0.2, 0) is 4.79 Å². The number of benzene rings is 1. The number of nitrogens with one attached hydrogen (secondary N) is 1. The normalized spacial score (nSPS) is 11.9. The minimum absolute atomic E-state index is 0.0292. The van der Waals surface area contributed by atoms with Crippen molar-refractivity contribution >= 4 is 6.41 Å². The van der Waals surface area contributed by atoms with Crippen molar-refractivity contribution in [1.82, 2.24) is 5.32 Å². The monoisotopic (exact) mass is 207 g/mol. The van der Waals surface area contributed by atoms with E-state index in [2.05, 4.69) is 5.32 Å². The maximum atomic E-state index is 10.2.